The smallest absolute Gasteiger partial charge is 0.191 e. The number of aliphatic imine (C=N–C) groups is 1. The molecule has 2 aromatic rings. The minimum atomic E-state index is -0.192. The molecule has 1 heterocycles. The van der Waals surface area contributed by atoms with Crippen LogP contribution in [0.25, 0.3) is 0 Å². The molecule has 0 aliphatic heterocycles. The van der Waals surface area contributed by atoms with E-state index < -0.39 is 0 Å². The van der Waals surface area contributed by atoms with E-state index in [0.29, 0.717) is 6.54 Å². The van der Waals surface area contributed by atoms with Crippen molar-refractivity contribution in [2.45, 2.75) is 19.9 Å². The molecule has 1 aromatic heterocycles. The third kappa shape index (κ3) is 4.86. The normalized spacial score (nSPS) is 11.5. The summed E-state index contributed by atoms with van der Waals surface area (Å²) in [6.07, 6.45) is 0.760. The third-order valence-corrected chi connectivity index (χ3v) is 4.23. The maximum Gasteiger partial charge on any atom is 0.191 e. The second kappa shape index (κ2) is 7.78. The van der Waals surface area contributed by atoms with Gasteiger partial charge < -0.3 is 10.6 Å². The average molecular weight is 305 g/mol. The quantitative estimate of drug-likeness (QED) is 0.658. The third-order valence-electron chi connectivity index (χ3n) is 3.20. The standard InChI is InChI=1S/C16H20FN3S/c1-12-7-9-21-15(12)11-20-16(18-2)19-8-6-13-4-3-5-14(17)10-13/h3-5,7,9-10H,6,8,11H2,1-2H3,(H2,18,19,20). The number of nitrogens with zero attached hydrogens (tertiary/aromatic N) is 1. The van der Waals surface area contributed by atoms with E-state index in [1.54, 1.807) is 30.5 Å². The highest BCUT2D eigenvalue weighted by Crippen LogP contribution is 2.14. The predicted molar refractivity (Wildman–Crippen MR) is 87.4 cm³/mol. The van der Waals surface area contributed by atoms with E-state index in [2.05, 4.69) is 34.0 Å². The summed E-state index contributed by atoms with van der Waals surface area (Å²) in [4.78, 5) is 5.50. The zero-order valence-corrected chi connectivity index (χ0v) is 13.1. The molecule has 112 valence electrons. The molecule has 0 bridgehead atoms. The van der Waals surface area contributed by atoms with E-state index in [1.165, 1.54) is 16.5 Å². The maximum atomic E-state index is 13.1. The van der Waals surface area contributed by atoms with Crippen LogP contribution < -0.4 is 10.6 Å². The summed E-state index contributed by atoms with van der Waals surface area (Å²) in [5.41, 5.74) is 2.27. The van der Waals surface area contributed by atoms with E-state index in [0.717, 1.165) is 24.5 Å². The highest BCUT2D eigenvalue weighted by atomic mass is 32.1. The van der Waals surface area contributed by atoms with Gasteiger partial charge >= 0.3 is 0 Å². The van der Waals surface area contributed by atoms with Crippen LogP contribution in [0.2, 0.25) is 0 Å². The number of hydrogen-bond donors (Lipinski definition) is 2. The Labute approximate surface area is 128 Å². The number of halogens is 1. The molecule has 0 saturated carbocycles. The summed E-state index contributed by atoms with van der Waals surface area (Å²) in [5.74, 6) is 0.572. The molecule has 21 heavy (non-hydrogen) atoms. The molecule has 1 aromatic carbocycles. The Bertz CT molecular complexity index is 607. The zero-order valence-electron chi connectivity index (χ0n) is 12.3. The van der Waals surface area contributed by atoms with Crippen LogP contribution in [0.4, 0.5) is 4.39 Å². The molecule has 0 spiro atoms. The molecule has 2 N–H and O–H groups in total. The molecule has 0 radical (unpaired) electrons. The molecule has 3 nitrogen and oxygen atoms in total. The number of hydrogen-bond acceptors (Lipinski definition) is 2. The summed E-state index contributed by atoms with van der Waals surface area (Å²) < 4.78 is 13.1. The van der Waals surface area contributed by atoms with Gasteiger partial charge in [0.1, 0.15) is 5.82 Å². The molecule has 0 saturated heterocycles. The second-order valence-electron chi connectivity index (χ2n) is 4.76. The van der Waals surface area contributed by atoms with Crippen molar-refractivity contribution in [1.82, 2.24) is 10.6 Å². The topological polar surface area (TPSA) is 36.4 Å². The van der Waals surface area contributed by atoms with Crippen LogP contribution >= 0.6 is 11.3 Å². The number of rotatable bonds is 5. The van der Waals surface area contributed by atoms with Crippen molar-refractivity contribution < 1.29 is 4.39 Å². The van der Waals surface area contributed by atoms with Gasteiger partial charge in [0.25, 0.3) is 0 Å². The van der Waals surface area contributed by atoms with Gasteiger partial charge in [0, 0.05) is 18.5 Å². The second-order valence-corrected chi connectivity index (χ2v) is 5.76. The Morgan fingerprint density at radius 3 is 2.81 bits per heavy atom. The first-order valence-corrected chi connectivity index (χ1v) is 7.79. The van der Waals surface area contributed by atoms with Crippen LogP contribution in [-0.4, -0.2) is 19.6 Å². The van der Waals surface area contributed by atoms with Gasteiger partial charge in [0.05, 0.1) is 6.54 Å². The van der Waals surface area contributed by atoms with E-state index in [9.17, 15) is 4.39 Å². The number of aryl methyl sites for hydroxylation is 1. The first-order chi connectivity index (χ1) is 10.2. The van der Waals surface area contributed by atoms with Crippen LogP contribution in [-0.2, 0) is 13.0 Å². The highest BCUT2D eigenvalue weighted by Gasteiger charge is 2.02. The van der Waals surface area contributed by atoms with Crippen molar-refractivity contribution in [3.8, 4) is 0 Å². The van der Waals surface area contributed by atoms with Crippen LogP contribution in [0.3, 0.4) is 0 Å². The Balaban J connectivity index is 1.77. The lowest BCUT2D eigenvalue weighted by atomic mass is 10.1. The molecule has 0 unspecified atom stereocenters. The van der Waals surface area contributed by atoms with Crippen molar-refractivity contribution in [3.05, 3.63) is 57.5 Å². The van der Waals surface area contributed by atoms with Gasteiger partial charge in [-0.3, -0.25) is 4.99 Å². The van der Waals surface area contributed by atoms with E-state index >= 15 is 0 Å². The van der Waals surface area contributed by atoms with Gasteiger partial charge in [-0.2, -0.15) is 0 Å². The van der Waals surface area contributed by atoms with E-state index in [4.69, 9.17) is 0 Å². The fraction of sp³-hybridized carbons (Fsp3) is 0.312. The zero-order chi connectivity index (χ0) is 15.1. The summed E-state index contributed by atoms with van der Waals surface area (Å²) >= 11 is 1.74. The Morgan fingerprint density at radius 1 is 1.29 bits per heavy atom. The number of benzene rings is 1. The van der Waals surface area contributed by atoms with Crippen molar-refractivity contribution >= 4 is 17.3 Å². The molecular weight excluding hydrogens is 285 g/mol. The Hall–Kier alpha value is -1.88. The molecule has 0 aliphatic carbocycles. The SMILES string of the molecule is CN=C(NCCc1cccc(F)c1)NCc1sccc1C. The average Bonchev–Trinajstić information content (AvgIpc) is 2.88. The van der Waals surface area contributed by atoms with Crippen LogP contribution in [0.1, 0.15) is 16.0 Å². The van der Waals surface area contributed by atoms with Crippen LogP contribution in [0.15, 0.2) is 40.7 Å². The van der Waals surface area contributed by atoms with Gasteiger partial charge in [0.2, 0.25) is 0 Å². The van der Waals surface area contributed by atoms with Crippen molar-refractivity contribution in [1.29, 1.82) is 0 Å². The summed E-state index contributed by atoms with van der Waals surface area (Å²) in [6.45, 7) is 3.59. The summed E-state index contributed by atoms with van der Waals surface area (Å²) in [5, 5.41) is 8.62. The van der Waals surface area contributed by atoms with Gasteiger partial charge in [-0.25, -0.2) is 4.39 Å². The predicted octanol–water partition coefficient (Wildman–Crippen LogP) is 3.10. The summed E-state index contributed by atoms with van der Waals surface area (Å²) in [7, 11) is 1.75. The lowest BCUT2D eigenvalue weighted by Crippen LogP contribution is -2.37. The Kier molecular flexibility index (Phi) is 5.75. The minimum Gasteiger partial charge on any atom is -0.356 e. The lowest BCUT2D eigenvalue weighted by molar-refractivity contribution is 0.625. The molecule has 0 aliphatic rings. The Morgan fingerprint density at radius 2 is 2.14 bits per heavy atom. The van der Waals surface area contributed by atoms with Gasteiger partial charge in [-0.15, -0.1) is 11.3 Å². The first-order valence-electron chi connectivity index (χ1n) is 6.91. The number of nitrogens with one attached hydrogen (secondary N) is 2. The number of guanidine groups is 1. The van der Waals surface area contributed by atoms with Gasteiger partial charge in [-0.05, 0) is 48.1 Å². The molecule has 0 fully saturated rings. The minimum absolute atomic E-state index is 0.192. The fourth-order valence-corrected chi connectivity index (χ4v) is 2.83. The largest absolute Gasteiger partial charge is 0.356 e. The van der Waals surface area contributed by atoms with Crippen LogP contribution in [0, 0.1) is 12.7 Å². The van der Waals surface area contributed by atoms with E-state index in [-0.39, 0.29) is 5.82 Å². The van der Waals surface area contributed by atoms with E-state index in [1.807, 2.05) is 6.07 Å². The van der Waals surface area contributed by atoms with Crippen molar-refractivity contribution in [2.24, 2.45) is 4.99 Å². The van der Waals surface area contributed by atoms with Crippen molar-refractivity contribution in [3.63, 3.8) is 0 Å². The van der Waals surface area contributed by atoms with Crippen molar-refractivity contribution in [2.75, 3.05) is 13.6 Å². The first kappa shape index (κ1) is 15.5. The number of thiophene rings is 1. The highest BCUT2D eigenvalue weighted by molar-refractivity contribution is 7.10. The molecule has 0 atom stereocenters. The maximum absolute atomic E-state index is 13.1. The molecule has 0 amide bonds. The lowest BCUT2D eigenvalue weighted by Gasteiger charge is -2.11. The van der Waals surface area contributed by atoms with Gasteiger partial charge in [0.15, 0.2) is 5.96 Å². The van der Waals surface area contributed by atoms with Crippen LogP contribution in [0.5, 0.6) is 0 Å². The molecular formula is C16H20FN3S. The monoisotopic (exact) mass is 305 g/mol. The fourth-order valence-electron chi connectivity index (χ4n) is 1.99. The summed E-state index contributed by atoms with van der Waals surface area (Å²) in [6, 6.07) is 8.79. The van der Waals surface area contributed by atoms with Gasteiger partial charge in [-0.1, -0.05) is 12.1 Å². The molecule has 2 rings (SSSR count). The molecule has 5 heteroatoms.